The van der Waals surface area contributed by atoms with Gasteiger partial charge in [0.05, 0.1) is 11.8 Å². The Morgan fingerprint density at radius 2 is 2.00 bits per heavy atom. The van der Waals surface area contributed by atoms with Crippen LogP contribution in [0.3, 0.4) is 0 Å². The maximum Gasteiger partial charge on any atom is 0.237 e. The van der Waals surface area contributed by atoms with Crippen molar-refractivity contribution in [3.8, 4) is 23.0 Å². The molecule has 0 spiro atoms. The number of nitrogens with zero attached hydrogens (tertiary/aromatic N) is 8. The van der Waals surface area contributed by atoms with Crippen molar-refractivity contribution < 1.29 is 8.78 Å². The standard InChI is InChI=1S/C23H22F2N8/c1-3-23-8-4-5-10-32(23)20-18(33-14(2)29-30-21(23)33)13-27-22(28-20)31-11-9-26-19(31)16-7-6-15(24)12-17(16)25/h6-7,9,11-13H,3-5,8,10H2,1-2H3. The summed E-state index contributed by atoms with van der Waals surface area (Å²) in [5.74, 6) is 1.88. The Morgan fingerprint density at radius 3 is 2.82 bits per heavy atom. The van der Waals surface area contributed by atoms with Crippen LogP contribution in [0.4, 0.5) is 14.6 Å². The highest BCUT2D eigenvalue weighted by molar-refractivity contribution is 5.65. The molecule has 0 amide bonds. The molecular weight excluding hydrogens is 426 g/mol. The summed E-state index contributed by atoms with van der Waals surface area (Å²) in [6.07, 6.45) is 9.01. The van der Waals surface area contributed by atoms with E-state index in [1.165, 1.54) is 12.1 Å². The van der Waals surface area contributed by atoms with Gasteiger partial charge in [0.1, 0.15) is 34.5 Å². The quantitative estimate of drug-likeness (QED) is 0.470. The first-order chi connectivity index (χ1) is 16.0. The lowest BCUT2D eigenvalue weighted by Gasteiger charge is -2.49. The van der Waals surface area contributed by atoms with Crippen LogP contribution in [0.5, 0.6) is 0 Å². The minimum Gasteiger partial charge on any atom is -0.342 e. The Morgan fingerprint density at radius 1 is 1.12 bits per heavy atom. The number of piperidine rings is 1. The molecule has 1 aromatic carbocycles. The predicted octanol–water partition coefficient (Wildman–Crippen LogP) is 4.11. The van der Waals surface area contributed by atoms with E-state index in [-0.39, 0.29) is 11.1 Å². The highest BCUT2D eigenvalue weighted by atomic mass is 19.1. The molecule has 0 N–H and O–H groups in total. The zero-order valence-corrected chi connectivity index (χ0v) is 18.3. The zero-order chi connectivity index (χ0) is 22.7. The summed E-state index contributed by atoms with van der Waals surface area (Å²) in [4.78, 5) is 16.2. The van der Waals surface area contributed by atoms with Crippen LogP contribution in [0, 0.1) is 18.6 Å². The number of anilines is 1. The van der Waals surface area contributed by atoms with Crippen molar-refractivity contribution in [1.82, 2.24) is 34.3 Å². The number of hydrogen-bond acceptors (Lipinski definition) is 6. The minimum atomic E-state index is -0.689. The van der Waals surface area contributed by atoms with E-state index in [2.05, 4.69) is 36.6 Å². The Balaban J connectivity index is 1.54. The third kappa shape index (κ3) is 2.76. The fourth-order valence-electron chi connectivity index (χ4n) is 5.22. The SMILES string of the molecule is CCC12CCCCN1c1nc(-n3ccnc3-c3ccc(F)cc3F)ncc1-n1c(C)nnc12. The molecule has 4 aromatic rings. The second-order valence-corrected chi connectivity index (χ2v) is 8.52. The Bertz CT molecular complexity index is 1380. The Kier molecular flexibility index (Phi) is 4.33. The molecule has 1 atom stereocenters. The fraction of sp³-hybridized carbons (Fsp3) is 0.348. The van der Waals surface area contributed by atoms with E-state index >= 15 is 0 Å². The number of halogens is 2. The number of fused-ring (bicyclic) bond motifs is 6. The third-order valence-electron chi connectivity index (χ3n) is 6.83. The van der Waals surface area contributed by atoms with Crippen molar-refractivity contribution in [2.24, 2.45) is 0 Å². The molecule has 2 aliphatic rings. The second kappa shape index (κ2) is 7.16. The number of aromatic nitrogens is 7. The monoisotopic (exact) mass is 448 g/mol. The average molecular weight is 448 g/mol. The van der Waals surface area contributed by atoms with Crippen molar-refractivity contribution >= 4 is 5.82 Å². The van der Waals surface area contributed by atoms with Gasteiger partial charge in [0, 0.05) is 25.0 Å². The van der Waals surface area contributed by atoms with Crippen LogP contribution in [0.2, 0.25) is 0 Å². The molecule has 168 valence electrons. The van der Waals surface area contributed by atoms with Crippen LogP contribution in [0.1, 0.15) is 44.3 Å². The van der Waals surface area contributed by atoms with E-state index in [0.717, 1.165) is 61.4 Å². The highest BCUT2D eigenvalue weighted by Crippen LogP contribution is 2.48. The van der Waals surface area contributed by atoms with Crippen molar-refractivity contribution in [1.29, 1.82) is 0 Å². The first-order valence-electron chi connectivity index (χ1n) is 11.1. The normalized spacial score (nSPS) is 19.2. The molecule has 1 fully saturated rings. The molecule has 1 saturated heterocycles. The highest BCUT2D eigenvalue weighted by Gasteiger charge is 2.48. The number of rotatable bonds is 3. The van der Waals surface area contributed by atoms with Crippen molar-refractivity contribution in [3.05, 3.63) is 60.1 Å². The maximum absolute atomic E-state index is 14.5. The lowest BCUT2D eigenvalue weighted by molar-refractivity contribution is 0.274. The van der Waals surface area contributed by atoms with E-state index in [1.807, 2.05) is 6.92 Å². The van der Waals surface area contributed by atoms with Crippen LogP contribution in [-0.4, -0.2) is 40.8 Å². The molecular formula is C23H22F2N8. The number of aryl methyl sites for hydroxylation is 1. The van der Waals surface area contributed by atoms with Gasteiger partial charge in [-0.05, 0) is 44.7 Å². The van der Waals surface area contributed by atoms with Crippen LogP contribution in [-0.2, 0) is 5.54 Å². The summed E-state index contributed by atoms with van der Waals surface area (Å²) in [7, 11) is 0. The van der Waals surface area contributed by atoms with Gasteiger partial charge in [0.15, 0.2) is 11.6 Å². The Hall–Kier alpha value is -3.69. The zero-order valence-electron chi connectivity index (χ0n) is 18.3. The molecule has 1 unspecified atom stereocenters. The molecule has 33 heavy (non-hydrogen) atoms. The molecule has 0 bridgehead atoms. The Labute approximate surface area is 189 Å². The summed E-state index contributed by atoms with van der Waals surface area (Å²) in [5.41, 5.74) is 0.733. The molecule has 0 saturated carbocycles. The van der Waals surface area contributed by atoms with Gasteiger partial charge in [-0.2, -0.15) is 4.98 Å². The van der Waals surface area contributed by atoms with Crippen LogP contribution < -0.4 is 4.90 Å². The molecule has 0 aliphatic carbocycles. The van der Waals surface area contributed by atoms with Crippen LogP contribution in [0.25, 0.3) is 23.0 Å². The molecule has 5 heterocycles. The number of benzene rings is 1. The van der Waals surface area contributed by atoms with Gasteiger partial charge < -0.3 is 4.90 Å². The number of hydrogen-bond donors (Lipinski definition) is 0. The summed E-state index contributed by atoms with van der Waals surface area (Å²) in [6.45, 7) is 4.96. The van der Waals surface area contributed by atoms with Gasteiger partial charge >= 0.3 is 0 Å². The first kappa shape index (κ1) is 20.0. The molecule has 2 aliphatic heterocycles. The minimum absolute atomic E-state index is 0.181. The molecule has 10 heteroatoms. The van der Waals surface area contributed by atoms with E-state index < -0.39 is 11.6 Å². The lowest BCUT2D eigenvalue weighted by Crippen LogP contribution is -2.54. The second-order valence-electron chi connectivity index (χ2n) is 8.52. The average Bonchev–Trinajstić information content (AvgIpc) is 3.46. The van der Waals surface area contributed by atoms with Crippen LogP contribution in [0.15, 0.2) is 36.8 Å². The van der Waals surface area contributed by atoms with Gasteiger partial charge in [0.2, 0.25) is 5.95 Å². The largest absolute Gasteiger partial charge is 0.342 e. The molecule has 3 aromatic heterocycles. The van der Waals surface area contributed by atoms with E-state index in [0.29, 0.717) is 11.8 Å². The van der Waals surface area contributed by atoms with Gasteiger partial charge in [-0.15, -0.1) is 10.2 Å². The molecule has 6 rings (SSSR count). The third-order valence-corrected chi connectivity index (χ3v) is 6.83. The maximum atomic E-state index is 14.5. The first-order valence-corrected chi connectivity index (χ1v) is 11.1. The van der Waals surface area contributed by atoms with Gasteiger partial charge in [-0.25, -0.2) is 18.7 Å². The van der Waals surface area contributed by atoms with Gasteiger partial charge in [0.25, 0.3) is 0 Å². The van der Waals surface area contributed by atoms with Crippen LogP contribution >= 0.6 is 0 Å². The summed E-state index contributed by atoms with van der Waals surface area (Å²) in [6, 6.07) is 3.44. The van der Waals surface area contributed by atoms with E-state index in [9.17, 15) is 8.78 Å². The van der Waals surface area contributed by atoms with E-state index in [1.54, 1.807) is 23.2 Å². The molecule has 8 nitrogen and oxygen atoms in total. The smallest absolute Gasteiger partial charge is 0.237 e. The summed E-state index contributed by atoms with van der Waals surface area (Å²) >= 11 is 0. The predicted molar refractivity (Wildman–Crippen MR) is 117 cm³/mol. The number of imidazole rings is 1. The van der Waals surface area contributed by atoms with E-state index in [4.69, 9.17) is 4.98 Å². The molecule has 0 radical (unpaired) electrons. The summed E-state index contributed by atoms with van der Waals surface area (Å²) < 4.78 is 31.6. The van der Waals surface area contributed by atoms with Crippen molar-refractivity contribution in [3.63, 3.8) is 0 Å². The summed E-state index contributed by atoms with van der Waals surface area (Å²) in [5, 5.41) is 8.92. The van der Waals surface area contributed by atoms with Crippen molar-refractivity contribution in [2.75, 3.05) is 11.4 Å². The fourth-order valence-corrected chi connectivity index (χ4v) is 5.22. The topological polar surface area (TPSA) is 77.5 Å². The van der Waals surface area contributed by atoms with Crippen molar-refractivity contribution in [2.45, 2.75) is 45.1 Å². The van der Waals surface area contributed by atoms with Gasteiger partial charge in [-0.3, -0.25) is 9.13 Å². The lowest BCUT2D eigenvalue weighted by atomic mass is 9.82. The van der Waals surface area contributed by atoms with Gasteiger partial charge in [-0.1, -0.05) is 6.92 Å².